The Morgan fingerprint density at radius 3 is 2.57 bits per heavy atom. The summed E-state index contributed by atoms with van der Waals surface area (Å²) in [7, 11) is 0. The summed E-state index contributed by atoms with van der Waals surface area (Å²) in [5.74, 6) is -1.22. The van der Waals surface area contributed by atoms with Crippen LogP contribution in [-0.2, 0) is 0 Å². The maximum atomic E-state index is 10.5. The van der Waals surface area contributed by atoms with E-state index in [0.29, 0.717) is 5.69 Å². The number of aromatic nitrogens is 1. The monoisotopic (exact) mass is 204 g/mol. The van der Waals surface area contributed by atoms with E-state index in [2.05, 4.69) is 4.98 Å². The number of carbonyl (C=O) groups is 1. The smallest absolute Gasteiger partial charge is 0.139 e. The van der Waals surface area contributed by atoms with Crippen molar-refractivity contribution in [1.29, 1.82) is 0 Å². The fourth-order valence-electron chi connectivity index (χ4n) is 1.11. The molecule has 0 radical (unpaired) electrons. The number of carboxylic acid groups (broad SMARTS) is 1. The zero-order chi connectivity index (χ0) is 9.97. The molecule has 0 bridgehead atoms. The SMILES string of the molecule is O=C([O-])c1nc(-c2ccccc2)cs1. The molecule has 1 aromatic carbocycles. The van der Waals surface area contributed by atoms with Crippen LogP contribution in [-0.4, -0.2) is 11.0 Å². The zero-order valence-electron chi connectivity index (χ0n) is 7.14. The van der Waals surface area contributed by atoms with E-state index in [1.165, 1.54) is 0 Å². The van der Waals surface area contributed by atoms with Gasteiger partial charge < -0.3 is 9.90 Å². The Labute approximate surface area is 84.7 Å². The van der Waals surface area contributed by atoms with E-state index in [-0.39, 0.29) is 5.01 Å². The molecule has 0 aliphatic rings. The number of rotatable bonds is 2. The molecule has 0 saturated carbocycles. The maximum absolute atomic E-state index is 10.5. The molecule has 0 amide bonds. The van der Waals surface area contributed by atoms with Crippen LogP contribution in [0.2, 0.25) is 0 Å². The molecule has 0 atom stereocenters. The Morgan fingerprint density at radius 2 is 2.00 bits per heavy atom. The molecule has 70 valence electrons. The van der Waals surface area contributed by atoms with Crippen LogP contribution in [0.5, 0.6) is 0 Å². The lowest BCUT2D eigenvalue weighted by Gasteiger charge is -1.95. The van der Waals surface area contributed by atoms with Crippen molar-refractivity contribution in [2.24, 2.45) is 0 Å². The molecule has 4 heteroatoms. The third-order valence-electron chi connectivity index (χ3n) is 1.75. The summed E-state index contributed by atoms with van der Waals surface area (Å²) >= 11 is 1.08. The number of thiazole rings is 1. The highest BCUT2D eigenvalue weighted by molar-refractivity contribution is 7.11. The van der Waals surface area contributed by atoms with Crippen LogP contribution < -0.4 is 5.11 Å². The van der Waals surface area contributed by atoms with Crippen molar-refractivity contribution in [3.8, 4) is 11.3 Å². The fraction of sp³-hybridized carbons (Fsp3) is 0. The Bertz CT molecular complexity index is 450. The molecular formula is C10H6NO2S-. The van der Waals surface area contributed by atoms with E-state index >= 15 is 0 Å². The van der Waals surface area contributed by atoms with E-state index in [1.807, 2.05) is 30.3 Å². The number of hydrogen-bond acceptors (Lipinski definition) is 4. The topological polar surface area (TPSA) is 53.0 Å². The Kier molecular flexibility index (Phi) is 2.28. The van der Waals surface area contributed by atoms with Crippen molar-refractivity contribution < 1.29 is 9.90 Å². The molecule has 0 aliphatic heterocycles. The van der Waals surface area contributed by atoms with E-state index in [1.54, 1.807) is 5.38 Å². The molecule has 0 aliphatic carbocycles. The van der Waals surface area contributed by atoms with Crippen LogP contribution in [0.25, 0.3) is 11.3 Å². The highest BCUT2D eigenvalue weighted by Crippen LogP contribution is 2.20. The molecule has 14 heavy (non-hydrogen) atoms. The highest BCUT2D eigenvalue weighted by Gasteiger charge is 2.03. The summed E-state index contributed by atoms with van der Waals surface area (Å²) < 4.78 is 0. The van der Waals surface area contributed by atoms with Gasteiger partial charge in [-0.3, -0.25) is 0 Å². The van der Waals surface area contributed by atoms with E-state index in [0.717, 1.165) is 16.9 Å². The first-order valence-electron chi connectivity index (χ1n) is 3.99. The molecule has 0 saturated heterocycles. The van der Waals surface area contributed by atoms with Crippen molar-refractivity contribution in [2.75, 3.05) is 0 Å². The maximum Gasteiger partial charge on any atom is 0.139 e. The molecule has 0 unspecified atom stereocenters. The first-order valence-corrected chi connectivity index (χ1v) is 4.87. The van der Waals surface area contributed by atoms with Crippen LogP contribution in [0.3, 0.4) is 0 Å². The van der Waals surface area contributed by atoms with Gasteiger partial charge in [0.2, 0.25) is 0 Å². The first kappa shape index (κ1) is 8.90. The number of nitrogens with zero attached hydrogens (tertiary/aromatic N) is 1. The molecule has 1 aromatic heterocycles. The van der Waals surface area contributed by atoms with Gasteiger partial charge in [0.15, 0.2) is 0 Å². The Morgan fingerprint density at radius 1 is 1.29 bits per heavy atom. The summed E-state index contributed by atoms with van der Waals surface area (Å²) in [5, 5.41) is 12.2. The van der Waals surface area contributed by atoms with E-state index < -0.39 is 5.97 Å². The average Bonchev–Trinajstić information content (AvgIpc) is 2.68. The molecule has 0 N–H and O–H groups in total. The van der Waals surface area contributed by atoms with Crippen molar-refractivity contribution in [1.82, 2.24) is 4.98 Å². The largest absolute Gasteiger partial charge is 0.542 e. The number of benzene rings is 1. The minimum Gasteiger partial charge on any atom is -0.542 e. The van der Waals surface area contributed by atoms with Crippen molar-refractivity contribution in [3.63, 3.8) is 0 Å². The van der Waals surface area contributed by atoms with E-state index in [4.69, 9.17) is 0 Å². The first-order chi connectivity index (χ1) is 6.77. The van der Waals surface area contributed by atoms with Gasteiger partial charge in [-0.15, -0.1) is 11.3 Å². The minimum absolute atomic E-state index is 0.0175. The van der Waals surface area contributed by atoms with Crippen molar-refractivity contribution in [3.05, 3.63) is 40.7 Å². The zero-order valence-corrected chi connectivity index (χ0v) is 7.95. The van der Waals surface area contributed by atoms with Crippen molar-refractivity contribution >= 4 is 17.3 Å². The predicted octanol–water partition coefficient (Wildman–Crippen LogP) is 1.17. The van der Waals surface area contributed by atoms with Gasteiger partial charge in [0, 0.05) is 10.9 Å². The number of carbonyl (C=O) groups excluding carboxylic acids is 1. The third-order valence-corrected chi connectivity index (χ3v) is 2.57. The lowest BCUT2D eigenvalue weighted by atomic mass is 10.2. The lowest BCUT2D eigenvalue weighted by Crippen LogP contribution is -2.21. The van der Waals surface area contributed by atoms with Gasteiger partial charge in [-0.2, -0.15) is 0 Å². The molecule has 1 heterocycles. The lowest BCUT2D eigenvalue weighted by molar-refractivity contribution is -0.255. The van der Waals surface area contributed by atoms with Gasteiger partial charge in [-0.05, 0) is 0 Å². The number of aromatic carboxylic acids is 1. The number of hydrogen-bond donors (Lipinski definition) is 0. The van der Waals surface area contributed by atoms with Crippen LogP contribution in [0.4, 0.5) is 0 Å². The molecule has 2 aromatic rings. The van der Waals surface area contributed by atoms with Crippen molar-refractivity contribution in [2.45, 2.75) is 0 Å². The van der Waals surface area contributed by atoms with Gasteiger partial charge >= 0.3 is 0 Å². The second-order valence-corrected chi connectivity index (χ2v) is 3.55. The number of carboxylic acids is 1. The third kappa shape index (κ3) is 1.65. The molecular weight excluding hydrogens is 198 g/mol. The van der Waals surface area contributed by atoms with Gasteiger partial charge in [-0.25, -0.2) is 4.98 Å². The molecule has 3 nitrogen and oxygen atoms in total. The van der Waals surface area contributed by atoms with Gasteiger partial charge in [-0.1, -0.05) is 30.3 Å². The summed E-state index contributed by atoms with van der Waals surface area (Å²) in [6.45, 7) is 0. The minimum atomic E-state index is -1.22. The summed E-state index contributed by atoms with van der Waals surface area (Å²) in [6, 6.07) is 9.43. The van der Waals surface area contributed by atoms with Gasteiger partial charge in [0.1, 0.15) is 11.0 Å². The second kappa shape index (κ2) is 3.59. The molecule has 0 spiro atoms. The van der Waals surface area contributed by atoms with Crippen LogP contribution in [0.15, 0.2) is 35.7 Å². The summed E-state index contributed by atoms with van der Waals surface area (Å²) in [5.41, 5.74) is 1.59. The fourth-order valence-corrected chi connectivity index (χ4v) is 1.77. The summed E-state index contributed by atoms with van der Waals surface area (Å²) in [6.07, 6.45) is 0. The summed E-state index contributed by atoms with van der Waals surface area (Å²) in [4.78, 5) is 14.4. The quantitative estimate of drug-likeness (QED) is 0.738. The standard InChI is InChI=1S/C10H7NO2S/c12-10(13)9-11-8(6-14-9)7-4-2-1-3-5-7/h1-6H,(H,12,13)/p-1. The van der Waals surface area contributed by atoms with Crippen LogP contribution in [0, 0.1) is 0 Å². The Balaban J connectivity index is 2.39. The van der Waals surface area contributed by atoms with Gasteiger partial charge in [0.25, 0.3) is 0 Å². The second-order valence-electron chi connectivity index (χ2n) is 2.69. The van der Waals surface area contributed by atoms with Crippen LogP contribution >= 0.6 is 11.3 Å². The van der Waals surface area contributed by atoms with Crippen LogP contribution in [0.1, 0.15) is 9.80 Å². The average molecular weight is 204 g/mol. The highest BCUT2D eigenvalue weighted by atomic mass is 32.1. The molecule has 0 fully saturated rings. The van der Waals surface area contributed by atoms with E-state index in [9.17, 15) is 9.90 Å². The normalized spacial score (nSPS) is 10.0. The van der Waals surface area contributed by atoms with Gasteiger partial charge in [0.05, 0.1) is 5.69 Å². The predicted molar refractivity (Wildman–Crippen MR) is 51.9 cm³/mol. The Hall–Kier alpha value is -1.68. The molecule has 2 rings (SSSR count).